The van der Waals surface area contributed by atoms with Crippen molar-refractivity contribution in [1.29, 1.82) is 0 Å². The highest BCUT2D eigenvalue weighted by molar-refractivity contribution is 5.81. The smallest absolute Gasteiger partial charge is 0.263 e. The molecule has 1 aromatic heterocycles. The Morgan fingerprint density at radius 2 is 1.78 bits per heavy atom. The second kappa shape index (κ2) is 8.24. The standard InChI is InChI=1S/C20H27N5O2/c1-15(27-17-8-6-5-7-9-17)20(26)25-12-10-24(11-13-25)19-14-18(23(3)4)21-16(2)22-19/h5-9,14-15H,10-13H2,1-4H3/t15-/m1/s1. The quantitative estimate of drug-likeness (QED) is 0.803. The largest absolute Gasteiger partial charge is 0.481 e. The van der Waals surface area contributed by atoms with Gasteiger partial charge in [0.05, 0.1) is 0 Å². The van der Waals surface area contributed by atoms with Crippen molar-refractivity contribution in [3.63, 3.8) is 0 Å². The lowest BCUT2D eigenvalue weighted by molar-refractivity contribution is -0.138. The minimum atomic E-state index is -0.499. The van der Waals surface area contributed by atoms with E-state index in [0.29, 0.717) is 18.8 Å². The minimum Gasteiger partial charge on any atom is -0.481 e. The zero-order valence-electron chi connectivity index (χ0n) is 16.4. The SMILES string of the molecule is Cc1nc(N(C)C)cc(N2CCN(C(=O)[C@@H](C)Oc3ccccc3)CC2)n1. The predicted octanol–water partition coefficient (Wildman–Crippen LogP) is 1.97. The third kappa shape index (κ3) is 4.67. The maximum absolute atomic E-state index is 12.7. The van der Waals surface area contributed by atoms with Gasteiger partial charge in [0.15, 0.2) is 6.10 Å². The van der Waals surface area contributed by atoms with Gasteiger partial charge < -0.3 is 19.4 Å². The van der Waals surface area contributed by atoms with Crippen molar-refractivity contribution in [1.82, 2.24) is 14.9 Å². The van der Waals surface area contributed by atoms with E-state index in [2.05, 4.69) is 14.9 Å². The van der Waals surface area contributed by atoms with Crippen molar-refractivity contribution in [2.45, 2.75) is 20.0 Å². The maximum atomic E-state index is 12.7. The Balaban J connectivity index is 1.59. The molecule has 0 N–H and O–H groups in total. The Labute approximate surface area is 160 Å². The van der Waals surface area contributed by atoms with Crippen LogP contribution in [0.1, 0.15) is 12.7 Å². The first kappa shape index (κ1) is 18.9. The van der Waals surface area contributed by atoms with Gasteiger partial charge in [-0.1, -0.05) is 18.2 Å². The van der Waals surface area contributed by atoms with Crippen molar-refractivity contribution in [2.24, 2.45) is 0 Å². The van der Waals surface area contributed by atoms with Crippen LogP contribution in [-0.2, 0) is 4.79 Å². The van der Waals surface area contributed by atoms with E-state index in [0.717, 1.165) is 30.5 Å². The fourth-order valence-corrected chi connectivity index (χ4v) is 3.09. The van der Waals surface area contributed by atoms with Crippen LogP contribution in [0, 0.1) is 6.92 Å². The van der Waals surface area contributed by atoms with E-state index in [1.54, 1.807) is 6.92 Å². The molecule has 0 unspecified atom stereocenters. The third-order valence-electron chi connectivity index (χ3n) is 4.59. The molecule has 0 spiro atoms. The van der Waals surface area contributed by atoms with Gasteiger partial charge in [0, 0.05) is 46.3 Å². The molecule has 7 heteroatoms. The lowest BCUT2D eigenvalue weighted by Gasteiger charge is -2.36. The molecule has 0 aliphatic carbocycles. The number of piperazine rings is 1. The normalized spacial score (nSPS) is 15.4. The molecular formula is C20H27N5O2. The summed E-state index contributed by atoms with van der Waals surface area (Å²) < 4.78 is 5.77. The number of hydrogen-bond acceptors (Lipinski definition) is 6. The van der Waals surface area contributed by atoms with Gasteiger partial charge in [-0.3, -0.25) is 4.79 Å². The van der Waals surface area contributed by atoms with E-state index in [4.69, 9.17) is 4.74 Å². The molecule has 1 aliphatic heterocycles. The molecule has 1 aromatic carbocycles. The molecule has 144 valence electrons. The molecule has 1 fully saturated rings. The van der Waals surface area contributed by atoms with Crippen molar-refractivity contribution in [2.75, 3.05) is 50.1 Å². The number of anilines is 2. The van der Waals surface area contributed by atoms with Gasteiger partial charge in [-0.2, -0.15) is 0 Å². The Hall–Kier alpha value is -2.83. The Bertz CT molecular complexity index is 773. The summed E-state index contributed by atoms with van der Waals surface area (Å²) in [7, 11) is 3.94. The van der Waals surface area contributed by atoms with Gasteiger partial charge in [-0.15, -0.1) is 0 Å². The van der Waals surface area contributed by atoms with E-state index in [1.165, 1.54) is 0 Å². The number of para-hydroxylation sites is 1. The van der Waals surface area contributed by atoms with Gasteiger partial charge in [0.2, 0.25) is 0 Å². The Morgan fingerprint density at radius 3 is 2.41 bits per heavy atom. The number of nitrogens with zero attached hydrogens (tertiary/aromatic N) is 5. The summed E-state index contributed by atoms with van der Waals surface area (Å²) in [4.78, 5) is 27.7. The van der Waals surface area contributed by atoms with Crippen LogP contribution in [0.15, 0.2) is 36.4 Å². The van der Waals surface area contributed by atoms with Crippen LogP contribution in [-0.4, -0.2) is 67.2 Å². The number of carbonyl (C=O) groups is 1. The van der Waals surface area contributed by atoms with E-state index < -0.39 is 6.10 Å². The molecule has 2 heterocycles. The molecule has 0 bridgehead atoms. The van der Waals surface area contributed by atoms with Crippen LogP contribution in [0.4, 0.5) is 11.6 Å². The van der Waals surface area contributed by atoms with Crippen molar-refractivity contribution < 1.29 is 9.53 Å². The molecule has 0 saturated carbocycles. The first-order valence-electron chi connectivity index (χ1n) is 9.22. The first-order valence-corrected chi connectivity index (χ1v) is 9.22. The van der Waals surface area contributed by atoms with Gasteiger partial charge >= 0.3 is 0 Å². The summed E-state index contributed by atoms with van der Waals surface area (Å²) >= 11 is 0. The minimum absolute atomic E-state index is 0.0198. The van der Waals surface area contributed by atoms with E-state index in [1.807, 2.05) is 67.2 Å². The highest BCUT2D eigenvalue weighted by atomic mass is 16.5. The average molecular weight is 369 g/mol. The molecule has 1 aliphatic rings. The third-order valence-corrected chi connectivity index (χ3v) is 4.59. The summed E-state index contributed by atoms with van der Waals surface area (Å²) in [6.45, 7) is 6.50. The Morgan fingerprint density at radius 1 is 1.11 bits per heavy atom. The molecule has 27 heavy (non-hydrogen) atoms. The first-order chi connectivity index (χ1) is 12.9. The molecule has 3 rings (SSSR count). The van der Waals surface area contributed by atoms with Crippen LogP contribution >= 0.6 is 0 Å². The van der Waals surface area contributed by atoms with E-state index in [-0.39, 0.29) is 5.91 Å². The zero-order chi connectivity index (χ0) is 19.4. The summed E-state index contributed by atoms with van der Waals surface area (Å²) in [5, 5.41) is 0. The second-order valence-electron chi connectivity index (χ2n) is 6.91. The molecule has 0 radical (unpaired) electrons. The van der Waals surface area contributed by atoms with Crippen molar-refractivity contribution in [3.05, 3.63) is 42.2 Å². The second-order valence-corrected chi connectivity index (χ2v) is 6.91. The number of aromatic nitrogens is 2. The molecule has 1 saturated heterocycles. The summed E-state index contributed by atoms with van der Waals surface area (Å²) in [6.07, 6.45) is -0.499. The number of carbonyl (C=O) groups excluding carboxylic acids is 1. The summed E-state index contributed by atoms with van der Waals surface area (Å²) in [6, 6.07) is 11.4. The number of hydrogen-bond donors (Lipinski definition) is 0. The highest BCUT2D eigenvalue weighted by Crippen LogP contribution is 2.20. The molecule has 7 nitrogen and oxygen atoms in total. The summed E-state index contributed by atoms with van der Waals surface area (Å²) in [5.41, 5.74) is 0. The average Bonchev–Trinajstić information content (AvgIpc) is 2.67. The van der Waals surface area contributed by atoms with Crippen LogP contribution < -0.4 is 14.5 Å². The lowest BCUT2D eigenvalue weighted by Crippen LogP contribution is -2.52. The fraction of sp³-hybridized carbons (Fsp3) is 0.450. The van der Waals surface area contributed by atoms with Gasteiger partial charge in [0.1, 0.15) is 23.2 Å². The molecule has 1 atom stereocenters. The van der Waals surface area contributed by atoms with Crippen LogP contribution in [0.25, 0.3) is 0 Å². The maximum Gasteiger partial charge on any atom is 0.263 e. The monoisotopic (exact) mass is 369 g/mol. The van der Waals surface area contributed by atoms with Crippen LogP contribution in [0.3, 0.4) is 0 Å². The van der Waals surface area contributed by atoms with Crippen molar-refractivity contribution >= 4 is 17.5 Å². The molecule has 2 aromatic rings. The van der Waals surface area contributed by atoms with Crippen LogP contribution in [0.5, 0.6) is 5.75 Å². The number of ether oxygens (including phenoxy) is 1. The topological polar surface area (TPSA) is 61.8 Å². The number of aryl methyl sites for hydroxylation is 1. The molecule has 1 amide bonds. The van der Waals surface area contributed by atoms with E-state index >= 15 is 0 Å². The van der Waals surface area contributed by atoms with Gasteiger partial charge in [-0.25, -0.2) is 9.97 Å². The number of amides is 1. The highest BCUT2D eigenvalue weighted by Gasteiger charge is 2.27. The number of benzene rings is 1. The predicted molar refractivity (Wildman–Crippen MR) is 106 cm³/mol. The van der Waals surface area contributed by atoms with Crippen LogP contribution in [0.2, 0.25) is 0 Å². The Kier molecular flexibility index (Phi) is 5.78. The van der Waals surface area contributed by atoms with Gasteiger partial charge in [-0.05, 0) is 26.0 Å². The lowest BCUT2D eigenvalue weighted by atomic mass is 10.2. The zero-order valence-corrected chi connectivity index (χ0v) is 16.4. The van der Waals surface area contributed by atoms with E-state index in [9.17, 15) is 4.79 Å². The fourth-order valence-electron chi connectivity index (χ4n) is 3.09. The number of rotatable bonds is 5. The van der Waals surface area contributed by atoms with Gasteiger partial charge in [0.25, 0.3) is 5.91 Å². The van der Waals surface area contributed by atoms with Crippen molar-refractivity contribution in [3.8, 4) is 5.75 Å². The summed E-state index contributed by atoms with van der Waals surface area (Å²) in [5.74, 6) is 3.28. The molecular weight excluding hydrogens is 342 g/mol.